The predicted octanol–water partition coefficient (Wildman–Crippen LogP) is 2.35. The predicted molar refractivity (Wildman–Crippen MR) is 114 cm³/mol. The lowest BCUT2D eigenvalue weighted by molar-refractivity contribution is -0.151. The minimum Gasteiger partial charge on any atom is -0.454 e. The molecular formula is C24H22N2O6. The molecule has 8 nitrogen and oxygen atoms in total. The number of anilines is 1. The molecule has 1 saturated heterocycles. The Bertz CT molecular complexity index is 1120. The van der Waals surface area contributed by atoms with Gasteiger partial charge >= 0.3 is 5.97 Å². The third kappa shape index (κ3) is 4.44. The average Bonchev–Trinajstić information content (AvgIpc) is 3.00. The third-order valence-electron chi connectivity index (χ3n) is 5.56. The molecule has 2 amide bonds. The van der Waals surface area contributed by atoms with Crippen molar-refractivity contribution in [3.05, 3.63) is 64.7 Å². The lowest BCUT2D eigenvalue weighted by Crippen LogP contribution is -2.36. The van der Waals surface area contributed by atoms with Crippen LogP contribution in [0.25, 0.3) is 0 Å². The van der Waals surface area contributed by atoms with Gasteiger partial charge in [0.15, 0.2) is 18.2 Å². The van der Waals surface area contributed by atoms with Gasteiger partial charge in [0.25, 0.3) is 5.91 Å². The summed E-state index contributed by atoms with van der Waals surface area (Å²) in [6.45, 7) is -0.195. The van der Waals surface area contributed by atoms with E-state index in [1.807, 2.05) is 0 Å². The highest BCUT2D eigenvalue weighted by Crippen LogP contribution is 2.29. The Morgan fingerprint density at radius 1 is 0.875 bits per heavy atom. The van der Waals surface area contributed by atoms with Gasteiger partial charge in [-0.15, -0.1) is 0 Å². The second kappa shape index (κ2) is 9.13. The van der Waals surface area contributed by atoms with Gasteiger partial charge in [-0.1, -0.05) is 30.7 Å². The molecule has 32 heavy (non-hydrogen) atoms. The maximum absolute atomic E-state index is 12.8. The summed E-state index contributed by atoms with van der Waals surface area (Å²) >= 11 is 0. The number of nitrogens with one attached hydrogen (secondary N) is 1. The minimum atomic E-state index is -0.654. The van der Waals surface area contributed by atoms with Gasteiger partial charge in [0.2, 0.25) is 5.91 Å². The molecule has 164 valence electrons. The zero-order valence-corrected chi connectivity index (χ0v) is 17.4. The van der Waals surface area contributed by atoms with Crippen LogP contribution in [0.15, 0.2) is 42.5 Å². The molecule has 8 heteroatoms. The van der Waals surface area contributed by atoms with Crippen molar-refractivity contribution in [3.63, 3.8) is 0 Å². The van der Waals surface area contributed by atoms with Crippen LogP contribution in [0.1, 0.15) is 57.5 Å². The molecule has 0 spiro atoms. The van der Waals surface area contributed by atoms with Crippen LogP contribution in [0.4, 0.5) is 5.69 Å². The molecule has 1 aliphatic carbocycles. The zero-order valence-electron chi connectivity index (χ0n) is 17.4. The number of carbonyl (C=O) groups is 5. The van der Waals surface area contributed by atoms with Crippen molar-refractivity contribution in [3.8, 4) is 0 Å². The first-order valence-corrected chi connectivity index (χ1v) is 10.5. The molecule has 0 bridgehead atoms. The molecular weight excluding hydrogens is 412 g/mol. The number of hydrogen-bond donors (Lipinski definition) is 1. The molecule has 2 aromatic carbocycles. The standard InChI is InChI=1S/C24H22N2O6/c27-20(14-32-22(29)13-26-11-5-1-2-8-21(26)28)25-15-9-10-18-19(12-15)24(31)17-7-4-3-6-16(17)23(18)30/h3-4,6-7,9-10,12H,1-2,5,8,11,13-14H2,(H,25,27). The molecule has 0 unspecified atom stereocenters. The lowest BCUT2D eigenvalue weighted by atomic mass is 9.84. The SMILES string of the molecule is O=C(COC(=O)CN1CCCCCC1=O)Nc1ccc2c(c1)C(=O)c1ccccc1C2=O. The summed E-state index contributed by atoms with van der Waals surface area (Å²) in [5.74, 6) is -1.86. The van der Waals surface area contributed by atoms with Crippen molar-refractivity contribution in [1.29, 1.82) is 0 Å². The van der Waals surface area contributed by atoms with Gasteiger partial charge in [0.1, 0.15) is 6.54 Å². The lowest BCUT2D eigenvalue weighted by Gasteiger charge is -2.19. The summed E-state index contributed by atoms with van der Waals surface area (Å²) in [6, 6.07) is 11.1. The van der Waals surface area contributed by atoms with Crippen LogP contribution in [0.2, 0.25) is 0 Å². The number of hydrogen-bond acceptors (Lipinski definition) is 6. The Labute approximate surface area is 184 Å². The second-order valence-electron chi connectivity index (χ2n) is 7.80. The van der Waals surface area contributed by atoms with E-state index in [0.29, 0.717) is 29.8 Å². The highest BCUT2D eigenvalue weighted by molar-refractivity contribution is 6.28. The van der Waals surface area contributed by atoms with Crippen molar-refractivity contribution in [2.24, 2.45) is 0 Å². The van der Waals surface area contributed by atoms with E-state index in [0.717, 1.165) is 19.3 Å². The number of esters is 1. The minimum absolute atomic E-state index is 0.0845. The smallest absolute Gasteiger partial charge is 0.326 e. The number of rotatable bonds is 5. The average molecular weight is 434 g/mol. The van der Waals surface area contributed by atoms with Gasteiger partial charge in [0.05, 0.1) is 0 Å². The molecule has 0 aromatic heterocycles. The van der Waals surface area contributed by atoms with Crippen LogP contribution in [0, 0.1) is 0 Å². The summed E-state index contributed by atoms with van der Waals surface area (Å²) in [5, 5.41) is 2.57. The van der Waals surface area contributed by atoms with Crippen LogP contribution in [-0.2, 0) is 19.1 Å². The zero-order chi connectivity index (χ0) is 22.7. The van der Waals surface area contributed by atoms with Gasteiger partial charge in [-0.3, -0.25) is 24.0 Å². The van der Waals surface area contributed by atoms with Crippen molar-refractivity contribution in [2.45, 2.75) is 25.7 Å². The van der Waals surface area contributed by atoms with E-state index in [2.05, 4.69) is 5.32 Å². The van der Waals surface area contributed by atoms with Gasteiger partial charge in [0, 0.05) is 40.9 Å². The molecule has 4 rings (SSSR count). The van der Waals surface area contributed by atoms with E-state index in [1.165, 1.54) is 23.1 Å². The van der Waals surface area contributed by atoms with Crippen molar-refractivity contribution >= 4 is 35.0 Å². The Kier molecular flexibility index (Phi) is 6.11. The van der Waals surface area contributed by atoms with Crippen molar-refractivity contribution in [1.82, 2.24) is 4.90 Å². The van der Waals surface area contributed by atoms with Gasteiger partial charge in [-0.05, 0) is 31.0 Å². The summed E-state index contributed by atoms with van der Waals surface area (Å²) in [7, 11) is 0. The maximum atomic E-state index is 12.8. The van der Waals surface area contributed by atoms with E-state index in [1.54, 1.807) is 24.3 Å². The van der Waals surface area contributed by atoms with E-state index < -0.39 is 18.5 Å². The van der Waals surface area contributed by atoms with Gasteiger partial charge < -0.3 is 15.0 Å². The fourth-order valence-corrected chi connectivity index (χ4v) is 3.93. The largest absolute Gasteiger partial charge is 0.454 e. The molecule has 2 aliphatic rings. The number of fused-ring (bicyclic) bond motifs is 2. The summed E-state index contributed by atoms with van der Waals surface area (Å²) < 4.78 is 5.00. The molecule has 0 atom stereocenters. The summed E-state index contributed by atoms with van der Waals surface area (Å²) in [5.41, 5.74) is 1.48. The number of nitrogens with zero attached hydrogens (tertiary/aromatic N) is 1. The maximum Gasteiger partial charge on any atom is 0.326 e. The Morgan fingerprint density at radius 2 is 1.56 bits per heavy atom. The van der Waals surface area contributed by atoms with E-state index in [9.17, 15) is 24.0 Å². The number of carbonyl (C=O) groups excluding carboxylic acids is 5. The van der Waals surface area contributed by atoms with E-state index in [-0.39, 0.29) is 35.1 Å². The normalized spacial score (nSPS) is 15.5. The molecule has 1 N–H and O–H groups in total. The van der Waals surface area contributed by atoms with Crippen LogP contribution in [-0.4, -0.2) is 53.9 Å². The highest BCUT2D eigenvalue weighted by Gasteiger charge is 2.29. The van der Waals surface area contributed by atoms with Crippen LogP contribution in [0.5, 0.6) is 0 Å². The van der Waals surface area contributed by atoms with Crippen LogP contribution in [0.3, 0.4) is 0 Å². The number of ether oxygens (including phenoxy) is 1. The number of ketones is 2. The second-order valence-corrected chi connectivity index (χ2v) is 7.80. The summed E-state index contributed by atoms with van der Waals surface area (Å²) in [6.07, 6.45) is 3.01. The molecule has 1 aliphatic heterocycles. The quantitative estimate of drug-likeness (QED) is 0.618. The van der Waals surface area contributed by atoms with Gasteiger partial charge in [-0.2, -0.15) is 0 Å². The fourth-order valence-electron chi connectivity index (χ4n) is 3.93. The number of benzene rings is 2. The Morgan fingerprint density at radius 3 is 2.31 bits per heavy atom. The highest BCUT2D eigenvalue weighted by atomic mass is 16.5. The Hall–Kier alpha value is -3.81. The van der Waals surface area contributed by atoms with Gasteiger partial charge in [-0.25, -0.2) is 0 Å². The fraction of sp³-hybridized carbons (Fsp3) is 0.292. The summed E-state index contributed by atoms with van der Waals surface area (Å²) in [4.78, 5) is 63.1. The number of amides is 2. The first-order valence-electron chi connectivity index (χ1n) is 10.5. The van der Waals surface area contributed by atoms with Crippen molar-refractivity contribution < 1.29 is 28.7 Å². The molecule has 0 saturated carbocycles. The first-order chi connectivity index (χ1) is 15.4. The molecule has 2 aromatic rings. The topological polar surface area (TPSA) is 110 Å². The Balaban J connectivity index is 1.36. The van der Waals surface area contributed by atoms with Crippen LogP contribution >= 0.6 is 0 Å². The van der Waals surface area contributed by atoms with E-state index >= 15 is 0 Å². The van der Waals surface area contributed by atoms with Crippen molar-refractivity contribution in [2.75, 3.05) is 25.0 Å². The van der Waals surface area contributed by atoms with E-state index in [4.69, 9.17) is 4.74 Å². The third-order valence-corrected chi connectivity index (χ3v) is 5.56. The number of likely N-dealkylation sites (tertiary alicyclic amines) is 1. The molecule has 0 radical (unpaired) electrons. The molecule has 1 fully saturated rings. The van der Waals surface area contributed by atoms with Crippen LogP contribution < -0.4 is 5.32 Å². The first kappa shape index (κ1) is 21.4. The monoisotopic (exact) mass is 434 g/mol. The molecule has 1 heterocycles.